The second-order valence-electron chi connectivity index (χ2n) is 13.0. The summed E-state index contributed by atoms with van der Waals surface area (Å²) in [7, 11) is 0. The van der Waals surface area contributed by atoms with Crippen LogP contribution in [0.3, 0.4) is 0 Å². The van der Waals surface area contributed by atoms with Gasteiger partial charge in [0, 0.05) is 38.3 Å². The van der Waals surface area contributed by atoms with E-state index in [0.717, 1.165) is 28.4 Å². The van der Waals surface area contributed by atoms with Crippen LogP contribution in [-0.2, 0) is 10.8 Å². The summed E-state index contributed by atoms with van der Waals surface area (Å²) in [5, 5.41) is 2.46. The third kappa shape index (κ3) is 3.09. The van der Waals surface area contributed by atoms with Gasteiger partial charge in [0.25, 0.3) is 0 Å². The minimum atomic E-state index is -0.221. The molecule has 0 bridgehead atoms. The zero-order valence-electron chi connectivity index (χ0n) is 24.8. The van der Waals surface area contributed by atoms with Crippen molar-refractivity contribution >= 4 is 21.8 Å². The topological polar surface area (TPSA) is 30.7 Å². The van der Waals surface area contributed by atoms with E-state index in [2.05, 4.69) is 148 Å². The molecular weight excluding hydrogens is 522 g/mol. The molecule has 0 N–H and O–H groups in total. The lowest BCUT2D eigenvalue weighted by atomic mass is 9.81. The third-order valence-electron chi connectivity index (χ3n) is 9.98. The summed E-state index contributed by atoms with van der Waals surface area (Å²) in [4.78, 5) is 11.0. The maximum absolute atomic E-state index is 5.51. The predicted molar refractivity (Wildman–Crippen MR) is 177 cm³/mol. The first-order valence-electron chi connectivity index (χ1n) is 15.1. The lowest BCUT2D eigenvalue weighted by Crippen LogP contribution is -2.19. The van der Waals surface area contributed by atoms with Crippen molar-refractivity contribution in [2.45, 2.75) is 38.5 Å². The Morgan fingerprint density at radius 2 is 1.09 bits per heavy atom. The third-order valence-corrected chi connectivity index (χ3v) is 9.98. The quantitative estimate of drug-likeness (QED) is 0.213. The van der Waals surface area contributed by atoms with Gasteiger partial charge in [0.1, 0.15) is 0 Å². The summed E-state index contributed by atoms with van der Waals surface area (Å²) in [6.07, 6.45) is 0. The Morgan fingerprint density at radius 3 is 1.88 bits per heavy atom. The first kappa shape index (κ1) is 24.6. The van der Waals surface area contributed by atoms with E-state index < -0.39 is 0 Å². The van der Waals surface area contributed by atoms with Crippen molar-refractivity contribution in [3.05, 3.63) is 138 Å². The minimum absolute atomic E-state index is 0.175. The highest BCUT2D eigenvalue weighted by atomic mass is 15.2. The van der Waals surface area contributed by atoms with Crippen LogP contribution < -0.4 is 0 Å². The van der Waals surface area contributed by atoms with Gasteiger partial charge < -0.3 is 0 Å². The van der Waals surface area contributed by atoms with Crippen molar-refractivity contribution in [2.75, 3.05) is 0 Å². The molecule has 9 rings (SSSR count). The SMILES string of the molecule is CC1(C)c2ccccc2-c2nc(-n3c4ccccc4c4ccc5c(c43)C(C)(C)c3ccccc3-5)nc(-c3ccccc3)c21. The number of rotatable bonds is 2. The summed E-state index contributed by atoms with van der Waals surface area (Å²) in [5.74, 6) is 0.719. The summed E-state index contributed by atoms with van der Waals surface area (Å²) >= 11 is 0. The molecule has 3 heteroatoms. The van der Waals surface area contributed by atoms with Gasteiger partial charge in [0.05, 0.1) is 22.4 Å². The molecule has 2 aromatic heterocycles. The Morgan fingerprint density at radius 1 is 0.488 bits per heavy atom. The van der Waals surface area contributed by atoms with Crippen molar-refractivity contribution in [2.24, 2.45) is 0 Å². The highest BCUT2D eigenvalue weighted by Crippen LogP contribution is 2.54. The van der Waals surface area contributed by atoms with Crippen LogP contribution in [0.4, 0.5) is 0 Å². The molecule has 0 radical (unpaired) electrons. The molecule has 0 aliphatic heterocycles. The largest absolute Gasteiger partial charge is 0.278 e. The Hall–Kier alpha value is -5.02. The standard InChI is InChI=1S/C40H31N3/c1-39(2)30-19-11-8-16-25(30)27-22-23-28-26-17-10-13-21-32(26)43(37(28)33(27)39)38-41-35(24-14-6-5-7-15-24)34-36(42-38)29-18-9-12-20-31(29)40(34,3)4/h5-23H,1-4H3. The van der Waals surface area contributed by atoms with E-state index in [1.807, 2.05) is 0 Å². The monoisotopic (exact) mass is 553 g/mol. The Kier molecular flexibility index (Phi) is 4.74. The van der Waals surface area contributed by atoms with Crippen LogP contribution in [0.25, 0.3) is 61.4 Å². The van der Waals surface area contributed by atoms with Gasteiger partial charge >= 0.3 is 0 Å². The fourth-order valence-corrected chi connectivity index (χ4v) is 8.03. The molecule has 0 fully saturated rings. The van der Waals surface area contributed by atoms with Gasteiger partial charge in [-0.1, -0.05) is 137 Å². The van der Waals surface area contributed by atoms with Crippen molar-refractivity contribution in [1.29, 1.82) is 0 Å². The molecule has 0 spiro atoms. The van der Waals surface area contributed by atoms with E-state index in [1.54, 1.807) is 0 Å². The summed E-state index contributed by atoms with van der Waals surface area (Å²) in [5.41, 5.74) is 14.1. The van der Waals surface area contributed by atoms with Gasteiger partial charge in [0.2, 0.25) is 5.95 Å². The van der Waals surface area contributed by atoms with Gasteiger partial charge in [-0.15, -0.1) is 0 Å². The summed E-state index contributed by atoms with van der Waals surface area (Å²) in [6.45, 7) is 9.33. The molecule has 0 unspecified atom stereocenters. The lowest BCUT2D eigenvalue weighted by molar-refractivity contribution is 0.656. The molecule has 0 atom stereocenters. The van der Waals surface area contributed by atoms with Crippen molar-refractivity contribution in [1.82, 2.24) is 14.5 Å². The van der Waals surface area contributed by atoms with Crippen molar-refractivity contribution in [3.8, 4) is 39.6 Å². The van der Waals surface area contributed by atoms with Crippen molar-refractivity contribution in [3.63, 3.8) is 0 Å². The molecule has 7 aromatic rings. The highest BCUT2D eigenvalue weighted by molar-refractivity contribution is 6.13. The molecule has 2 aliphatic rings. The predicted octanol–water partition coefficient (Wildman–Crippen LogP) is 9.85. The van der Waals surface area contributed by atoms with Crippen LogP contribution in [0.5, 0.6) is 0 Å². The van der Waals surface area contributed by atoms with E-state index in [0.29, 0.717) is 0 Å². The molecule has 0 saturated carbocycles. The van der Waals surface area contributed by atoms with E-state index in [4.69, 9.17) is 9.97 Å². The number of hydrogen-bond donors (Lipinski definition) is 0. The molecule has 2 heterocycles. The zero-order valence-corrected chi connectivity index (χ0v) is 24.8. The van der Waals surface area contributed by atoms with Crippen LogP contribution in [0, 0.1) is 0 Å². The second-order valence-corrected chi connectivity index (χ2v) is 13.0. The first-order chi connectivity index (χ1) is 20.9. The van der Waals surface area contributed by atoms with Crippen LogP contribution in [0.15, 0.2) is 115 Å². The fourth-order valence-electron chi connectivity index (χ4n) is 8.03. The summed E-state index contributed by atoms with van der Waals surface area (Å²) in [6, 6.07) is 41.6. The number of hydrogen-bond acceptors (Lipinski definition) is 2. The number of para-hydroxylation sites is 1. The maximum Gasteiger partial charge on any atom is 0.235 e. The molecule has 206 valence electrons. The Bertz CT molecular complexity index is 2290. The van der Waals surface area contributed by atoms with Gasteiger partial charge in [-0.2, -0.15) is 0 Å². The number of benzene rings is 5. The average Bonchev–Trinajstić information content (AvgIpc) is 3.58. The van der Waals surface area contributed by atoms with E-state index in [-0.39, 0.29) is 10.8 Å². The highest BCUT2D eigenvalue weighted by Gasteiger charge is 2.41. The maximum atomic E-state index is 5.51. The fraction of sp³-hybridized carbons (Fsp3) is 0.150. The smallest absolute Gasteiger partial charge is 0.235 e. The zero-order chi connectivity index (χ0) is 29.1. The molecule has 0 amide bonds. The molecule has 0 saturated heterocycles. The Balaban J connectivity index is 1.46. The van der Waals surface area contributed by atoms with E-state index in [9.17, 15) is 0 Å². The van der Waals surface area contributed by atoms with E-state index in [1.165, 1.54) is 55.2 Å². The van der Waals surface area contributed by atoms with Crippen LogP contribution >= 0.6 is 0 Å². The van der Waals surface area contributed by atoms with Gasteiger partial charge in [0.15, 0.2) is 0 Å². The lowest BCUT2D eigenvalue weighted by Gasteiger charge is -2.25. The summed E-state index contributed by atoms with van der Waals surface area (Å²) < 4.78 is 2.35. The van der Waals surface area contributed by atoms with Gasteiger partial charge in [-0.25, -0.2) is 9.97 Å². The number of nitrogens with zero attached hydrogens (tertiary/aromatic N) is 3. The van der Waals surface area contributed by atoms with Gasteiger partial charge in [-0.05, 0) is 33.9 Å². The molecule has 43 heavy (non-hydrogen) atoms. The molecule has 3 nitrogen and oxygen atoms in total. The van der Waals surface area contributed by atoms with Gasteiger partial charge in [-0.3, -0.25) is 4.57 Å². The number of aromatic nitrogens is 3. The van der Waals surface area contributed by atoms with Crippen molar-refractivity contribution < 1.29 is 0 Å². The van der Waals surface area contributed by atoms with E-state index >= 15 is 0 Å². The van der Waals surface area contributed by atoms with Crippen LogP contribution in [-0.4, -0.2) is 14.5 Å². The minimum Gasteiger partial charge on any atom is -0.278 e. The average molecular weight is 554 g/mol. The Labute approximate surface area is 251 Å². The van der Waals surface area contributed by atoms with Crippen LogP contribution in [0.2, 0.25) is 0 Å². The molecule has 5 aromatic carbocycles. The molecular formula is C40H31N3. The van der Waals surface area contributed by atoms with Crippen LogP contribution in [0.1, 0.15) is 49.9 Å². The second kappa shape index (κ2) is 8.29. The molecule has 2 aliphatic carbocycles. The number of fused-ring (bicyclic) bond motifs is 10. The normalized spacial score (nSPS) is 15.3. The first-order valence-corrected chi connectivity index (χ1v) is 15.1.